The van der Waals surface area contributed by atoms with Crippen molar-refractivity contribution >= 4 is 11.7 Å². The highest BCUT2D eigenvalue weighted by molar-refractivity contribution is 5.89. The lowest BCUT2D eigenvalue weighted by atomic mass is 10.1. The third-order valence-electron chi connectivity index (χ3n) is 1.81. The van der Waals surface area contributed by atoms with E-state index in [0.29, 0.717) is 12.2 Å². The van der Waals surface area contributed by atoms with Crippen molar-refractivity contribution in [2.75, 3.05) is 5.32 Å². The monoisotopic (exact) mass is 197 g/mol. The van der Waals surface area contributed by atoms with E-state index in [1.54, 1.807) is 6.07 Å². The molecule has 0 saturated heterocycles. The van der Waals surface area contributed by atoms with Gasteiger partial charge in [-0.15, -0.1) is 0 Å². The van der Waals surface area contributed by atoms with E-state index < -0.39 is 0 Å². The zero-order valence-electron chi connectivity index (χ0n) is 8.19. The van der Waals surface area contributed by atoms with Crippen LogP contribution in [0.25, 0.3) is 0 Å². The van der Waals surface area contributed by atoms with Gasteiger partial charge in [-0.3, -0.25) is 4.79 Å². The van der Waals surface area contributed by atoms with E-state index in [-0.39, 0.29) is 11.9 Å². The summed E-state index contributed by atoms with van der Waals surface area (Å²) in [5.74, 6) is 0.304. The number of anilines is 1. The molecule has 0 aromatic carbocycles. The van der Waals surface area contributed by atoms with E-state index in [2.05, 4.69) is 15.0 Å². The fraction of sp³-hybridized carbons (Fsp3) is 0.556. The van der Waals surface area contributed by atoms with Crippen LogP contribution >= 0.6 is 0 Å². The van der Waals surface area contributed by atoms with E-state index in [9.17, 15) is 4.79 Å². The van der Waals surface area contributed by atoms with Gasteiger partial charge in [0.1, 0.15) is 6.26 Å². The summed E-state index contributed by atoms with van der Waals surface area (Å²) in [4.78, 5) is 11.3. The van der Waals surface area contributed by atoms with Crippen molar-refractivity contribution in [3.05, 3.63) is 12.3 Å². The quantitative estimate of drug-likeness (QED) is 0.741. The normalized spacial score (nSPS) is 12.4. The van der Waals surface area contributed by atoms with Crippen molar-refractivity contribution in [2.24, 2.45) is 5.73 Å². The average Bonchev–Trinajstić information content (AvgIpc) is 2.56. The molecule has 78 valence electrons. The smallest absolute Gasteiger partial charge is 0.227 e. The number of aromatic nitrogens is 1. The van der Waals surface area contributed by atoms with Crippen LogP contribution in [0, 0.1) is 0 Å². The first-order valence-electron chi connectivity index (χ1n) is 4.68. The van der Waals surface area contributed by atoms with Gasteiger partial charge in [0.25, 0.3) is 0 Å². The highest BCUT2D eigenvalue weighted by Gasteiger charge is 2.09. The van der Waals surface area contributed by atoms with Gasteiger partial charge >= 0.3 is 0 Å². The van der Waals surface area contributed by atoms with Crippen molar-refractivity contribution in [2.45, 2.75) is 32.2 Å². The number of rotatable bonds is 5. The van der Waals surface area contributed by atoms with Crippen molar-refractivity contribution in [3.8, 4) is 0 Å². The fourth-order valence-corrected chi connectivity index (χ4v) is 1.18. The van der Waals surface area contributed by atoms with Gasteiger partial charge in [-0.2, -0.15) is 0 Å². The van der Waals surface area contributed by atoms with Gasteiger partial charge in [-0.1, -0.05) is 18.5 Å². The number of carbonyl (C=O) groups excluding carboxylic acids is 1. The molecule has 0 spiro atoms. The SMILES string of the molecule is CCCC(N)CC(=O)Nc1ccon1. The van der Waals surface area contributed by atoms with Crippen LogP contribution in [0.15, 0.2) is 16.9 Å². The second-order valence-electron chi connectivity index (χ2n) is 3.19. The molecule has 0 radical (unpaired) electrons. The molecule has 0 saturated carbocycles. The maximum Gasteiger partial charge on any atom is 0.227 e. The Hall–Kier alpha value is -1.36. The summed E-state index contributed by atoms with van der Waals surface area (Å²) in [5.41, 5.74) is 5.71. The lowest BCUT2D eigenvalue weighted by Gasteiger charge is -2.08. The van der Waals surface area contributed by atoms with Crippen LogP contribution in [-0.2, 0) is 4.79 Å². The van der Waals surface area contributed by atoms with Crippen molar-refractivity contribution in [3.63, 3.8) is 0 Å². The molecule has 0 fully saturated rings. The van der Waals surface area contributed by atoms with E-state index in [4.69, 9.17) is 5.73 Å². The number of amides is 1. The van der Waals surface area contributed by atoms with Gasteiger partial charge in [0.05, 0.1) is 0 Å². The average molecular weight is 197 g/mol. The lowest BCUT2D eigenvalue weighted by molar-refractivity contribution is -0.116. The molecule has 0 aliphatic rings. The number of carbonyl (C=O) groups is 1. The lowest BCUT2D eigenvalue weighted by Crippen LogP contribution is -2.26. The fourth-order valence-electron chi connectivity index (χ4n) is 1.18. The zero-order chi connectivity index (χ0) is 10.4. The molecular weight excluding hydrogens is 182 g/mol. The van der Waals surface area contributed by atoms with Crippen molar-refractivity contribution < 1.29 is 9.32 Å². The number of nitrogens with two attached hydrogens (primary N) is 1. The molecule has 14 heavy (non-hydrogen) atoms. The number of hydrogen-bond acceptors (Lipinski definition) is 4. The minimum absolute atomic E-state index is 0.0769. The molecule has 1 heterocycles. The molecule has 5 heteroatoms. The van der Waals surface area contributed by atoms with Gasteiger partial charge in [-0.05, 0) is 6.42 Å². The predicted molar refractivity (Wildman–Crippen MR) is 52.6 cm³/mol. The van der Waals surface area contributed by atoms with Gasteiger partial charge in [0, 0.05) is 18.5 Å². The summed E-state index contributed by atoms with van der Waals surface area (Å²) in [6.07, 6.45) is 3.56. The molecule has 1 aromatic rings. The van der Waals surface area contributed by atoms with Crippen LogP contribution in [0.3, 0.4) is 0 Å². The Morgan fingerprint density at radius 3 is 3.14 bits per heavy atom. The summed E-state index contributed by atoms with van der Waals surface area (Å²) in [7, 11) is 0. The molecule has 3 N–H and O–H groups in total. The predicted octanol–water partition coefficient (Wildman–Crippen LogP) is 1.13. The molecular formula is C9H15N3O2. The van der Waals surface area contributed by atoms with Crippen LogP contribution in [0.1, 0.15) is 26.2 Å². The van der Waals surface area contributed by atoms with Crippen LogP contribution in [-0.4, -0.2) is 17.1 Å². The minimum Gasteiger partial charge on any atom is -0.363 e. The largest absolute Gasteiger partial charge is 0.363 e. The first kappa shape index (κ1) is 10.7. The number of nitrogens with one attached hydrogen (secondary N) is 1. The second kappa shape index (κ2) is 5.39. The summed E-state index contributed by atoms with van der Waals surface area (Å²) in [6, 6.07) is 1.51. The van der Waals surface area contributed by atoms with Crippen LogP contribution in [0.4, 0.5) is 5.82 Å². The minimum atomic E-state index is -0.125. The number of hydrogen-bond donors (Lipinski definition) is 2. The van der Waals surface area contributed by atoms with Gasteiger partial charge in [0.2, 0.25) is 5.91 Å². The number of nitrogens with zero attached hydrogens (tertiary/aromatic N) is 1. The zero-order valence-corrected chi connectivity index (χ0v) is 8.19. The Balaban J connectivity index is 2.29. The highest BCUT2D eigenvalue weighted by Crippen LogP contribution is 2.04. The Morgan fingerprint density at radius 2 is 2.57 bits per heavy atom. The Kier molecular flexibility index (Phi) is 4.12. The van der Waals surface area contributed by atoms with E-state index in [1.165, 1.54) is 6.26 Å². The summed E-state index contributed by atoms with van der Waals surface area (Å²) in [5, 5.41) is 6.15. The molecule has 1 amide bonds. The topological polar surface area (TPSA) is 81.2 Å². The molecule has 1 aromatic heterocycles. The Bertz CT molecular complexity index is 272. The summed E-state index contributed by atoms with van der Waals surface area (Å²) < 4.78 is 4.57. The molecule has 1 atom stereocenters. The summed E-state index contributed by atoms with van der Waals surface area (Å²) in [6.45, 7) is 2.04. The second-order valence-corrected chi connectivity index (χ2v) is 3.19. The molecule has 0 bridgehead atoms. The Morgan fingerprint density at radius 1 is 1.79 bits per heavy atom. The van der Waals surface area contributed by atoms with Crippen LogP contribution in [0.2, 0.25) is 0 Å². The van der Waals surface area contributed by atoms with Crippen LogP contribution in [0.5, 0.6) is 0 Å². The first-order chi connectivity index (χ1) is 6.72. The Labute approximate surface area is 82.6 Å². The first-order valence-corrected chi connectivity index (χ1v) is 4.68. The molecule has 0 aliphatic carbocycles. The van der Waals surface area contributed by atoms with Crippen molar-refractivity contribution in [1.29, 1.82) is 0 Å². The van der Waals surface area contributed by atoms with E-state index >= 15 is 0 Å². The maximum atomic E-state index is 11.3. The van der Waals surface area contributed by atoms with Gasteiger partial charge < -0.3 is 15.6 Å². The van der Waals surface area contributed by atoms with Gasteiger partial charge in [0.15, 0.2) is 5.82 Å². The van der Waals surface area contributed by atoms with Crippen molar-refractivity contribution in [1.82, 2.24) is 5.16 Å². The third kappa shape index (κ3) is 3.57. The molecule has 0 aliphatic heterocycles. The highest BCUT2D eigenvalue weighted by atomic mass is 16.5. The molecule has 1 rings (SSSR count). The maximum absolute atomic E-state index is 11.3. The summed E-state index contributed by atoms with van der Waals surface area (Å²) >= 11 is 0. The molecule has 1 unspecified atom stereocenters. The molecule has 5 nitrogen and oxygen atoms in total. The van der Waals surface area contributed by atoms with Crippen LogP contribution < -0.4 is 11.1 Å². The third-order valence-corrected chi connectivity index (χ3v) is 1.81. The van der Waals surface area contributed by atoms with E-state index in [0.717, 1.165) is 12.8 Å². The van der Waals surface area contributed by atoms with Gasteiger partial charge in [-0.25, -0.2) is 0 Å². The van der Waals surface area contributed by atoms with E-state index in [1.807, 2.05) is 6.92 Å². The standard InChI is InChI=1S/C9H15N3O2/c1-2-3-7(10)6-9(13)11-8-4-5-14-12-8/h4-5,7H,2-3,6,10H2,1H3,(H,11,12,13).